The van der Waals surface area contributed by atoms with Crippen molar-refractivity contribution in [3.8, 4) is 0 Å². The maximum Gasteiger partial charge on any atom is 0.315 e. The second-order valence-corrected chi connectivity index (χ2v) is 7.82. The molecule has 0 aromatic carbocycles. The predicted octanol–water partition coefficient (Wildman–Crippen LogP) is 2.63. The van der Waals surface area contributed by atoms with Gasteiger partial charge in [0.15, 0.2) is 0 Å². The van der Waals surface area contributed by atoms with Gasteiger partial charge in [-0.05, 0) is 38.4 Å². The van der Waals surface area contributed by atoms with Crippen molar-refractivity contribution < 1.29 is 4.79 Å². The van der Waals surface area contributed by atoms with Gasteiger partial charge >= 0.3 is 6.03 Å². The van der Waals surface area contributed by atoms with E-state index in [4.69, 9.17) is 0 Å². The summed E-state index contributed by atoms with van der Waals surface area (Å²) in [5, 5.41) is 10.5. The molecule has 0 spiro atoms. The van der Waals surface area contributed by atoms with Gasteiger partial charge in [0.25, 0.3) is 0 Å². The molecule has 1 aromatic heterocycles. The molecule has 0 radical (unpaired) electrons. The highest BCUT2D eigenvalue weighted by atomic mass is 32.2. The van der Waals surface area contributed by atoms with Crippen LogP contribution in [0.5, 0.6) is 0 Å². The highest BCUT2D eigenvalue weighted by Crippen LogP contribution is 2.36. The summed E-state index contributed by atoms with van der Waals surface area (Å²) in [5.74, 6) is 1.20. The Bertz CT molecular complexity index is 520. The number of rotatable bonds is 6. The average molecular weight is 324 g/mol. The zero-order valence-electron chi connectivity index (χ0n) is 14.2. The molecule has 0 saturated carbocycles. The minimum atomic E-state index is -0.0818. The van der Waals surface area contributed by atoms with E-state index in [1.165, 1.54) is 29.9 Å². The van der Waals surface area contributed by atoms with Gasteiger partial charge in [-0.15, -0.1) is 0 Å². The zero-order valence-corrected chi connectivity index (χ0v) is 15.0. The highest BCUT2D eigenvalue weighted by Gasteiger charge is 2.29. The van der Waals surface area contributed by atoms with Gasteiger partial charge in [-0.3, -0.25) is 4.68 Å². The van der Waals surface area contributed by atoms with Gasteiger partial charge in [0.2, 0.25) is 0 Å². The first-order chi connectivity index (χ1) is 10.5. The topological polar surface area (TPSA) is 59.0 Å². The standard InChI is InChI=1S/C16H28N4OS/c1-5-13-12(14(6-2)20(4)19-13)10-17-15(21)18-11-16(3)8-7-9-22-16/h5-11H2,1-4H3,(H2,17,18,21)/t16-/m1/s1. The Morgan fingerprint density at radius 3 is 2.73 bits per heavy atom. The molecule has 0 aliphatic carbocycles. The first-order valence-corrected chi connectivity index (χ1v) is 9.17. The van der Waals surface area contributed by atoms with Gasteiger partial charge in [0, 0.05) is 36.1 Å². The fourth-order valence-corrected chi connectivity index (χ4v) is 4.31. The summed E-state index contributed by atoms with van der Waals surface area (Å²) in [6, 6.07) is -0.0818. The van der Waals surface area contributed by atoms with Crippen LogP contribution < -0.4 is 10.6 Å². The highest BCUT2D eigenvalue weighted by molar-refractivity contribution is 8.00. The van der Waals surface area contributed by atoms with Gasteiger partial charge in [-0.2, -0.15) is 16.9 Å². The van der Waals surface area contributed by atoms with Crippen molar-refractivity contribution >= 4 is 17.8 Å². The second-order valence-electron chi connectivity index (χ2n) is 6.14. The Labute approximate surface area is 137 Å². The van der Waals surface area contributed by atoms with Crippen LogP contribution in [0.15, 0.2) is 0 Å². The van der Waals surface area contributed by atoms with Gasteiger partial charge in [-0.25, -0.2) is 4.79 Å². The summed E-state index contributed by atoms with van der Waals surface area (Å²) in [7, 11) is 1.97. The maximum atomic E-state index is 12.1. The Hall–Kier alpha value is -1.17. The lowest BCUT2D eigenvalue weighted by Gasteiger charge is -2.23. The van der Waals surface area contributed by atoms with Crippen molar-refractivity contribution in [2.75, 3.05) is 12.3 Å². The molecule has 6 heteroatoms. The summed E-state index contributed by atoms with van der Waals surface area (Å²) in [6.45, 7) is 7.74. The zero-order chi connectivity index (χ0) is 16.2. The molecule has 2 heterocycles. The van der Waals surface area contributed by atoms with Crippen molar-refractivity contribution in [1.29, 1.82) is 0 Å². The third kappa shape index (κ3) is 3.97. The number of aromatic nitrogens is 2. The fraction of sp³-hybridized carbons (Fsp3) is 0.750. The largest absolute Gasteiger partial charge is 0.337 e. The molecule has 0 unspecified atom stereocenters. The third-order valence-electron chi connectivity index (χ3n) is 4.38. The summed E-state index contributed by atoms with van der Waals surface area (Å²) >= 11 is 1.96. The SMILES string of the molecule is CCc1nn(C)c(CC)c1CNC(=O)NC[C@@]1(C)CCCS1. The molecule has 1 fully saturated rings. The van der Waals surface area contributed by atoms with Crippen molar-refractivity contribution in [3.63, 3.8) is 0 Å². The maximum absolute atomic E-state index is 12.1. The quantitative estimate of drug-likeness (QED) is 0.846. The van der Waals surface area contributed by atoms with Crippen LogP contribution in [0.25, 0.3) is 0 Å². The Morgan fingerprint density at radius 1 is 1.36 bits per heavy atom. The predicted molar refractivity (Wildman–Crippen MR) is 92.3 cm³/mol. The molecule has 2 N–H and O–H groups in total. The molecule has 0 bridgehead atoms. The molecule has 2 amide bonds. The van der Waals surface area contributed by atoms with Crippen LogP contribution in [0.2, 0.25) is 0 Å². The number of urea groups is 1. The molecule has 1 atom stereocenters. The molecule has 1 saturated heterocycles. The van der Waals surface area contributed by atoms with Crippen LogP contribution >= 0.6 is 11.8 Å². The molecular formula is C16H28N4OS. The summed E-state index contributed by atoms with van der Waals surface area (Å²) in [4.78, 5) is 12.1. The third-order valence-corrected chi connectivity index (χ3v) is 5.92. The lowest BCUT2D eigenvalue weighted by Crippen LogP contribution is -2.42. The van der Waals surface area contributed by atoms with Gasteiger partial charge in [0.1, 0.15) is 0 Å². The van der Waals surface area contributed by atoms with E-state index >= 15 is 0 Å². The van der Waals surface area contributed by atoms with Crippen LogP contribution in [0.3, 0.4) is 0 Å². The number of nitrogens with zero attached hydrogens (tertiary/aromatic N) is 2. The molecule has 2 rings (SSSR count). The van der Waals surface area contributed by atoms with Crippen LogP contribution in [0, 0.1) is 0 Å². The molecule has 1 aromatic rings. The first-order valence-electron chi connectivity index (χ1n) is 8.18. The minimum absolute atomic E-state index is 0.0818. The van der Waals surface area contributed by atoms with E-state index in [1.54, 1.807) is 0 Å². The van der Waals surface area contributed by atoms with Crippen LogP contribution in [-0.4, -0.2) is 32.9 Å². The number of nitrogens with one attached hydrogen (secondary N) is 2. The van der Waals surface area contributed by atoms with Crippen LogP contribution in [0.4, 0.5) is 4.79 Å². The summed E-state index contributed by atoms with van der Waals surface area (Å²) in [6.07, 6.45) is 4.25. The number of hydrogen-bond donors (Lipinski definition) is 2. The average Bonchev–Trinajstić information content (AvgIpc) is 3.06. The van der Waals surface area contributed by atoms with Crippen molar-refractivity contribution in [2.24, 2.45) is 7.05 Å². The Balaban J connectivity index is 1.88. The van der Waals surface area contributed by atoms with Crippen molar-refractivity contribution in [3.05, 3.63) is 17.0 Å². The van der Waals surface area contributed by atoms with E-state index in [9.17, 15) is 4.79 Å². The van der Waals surface area contributed by atoms with E-state index in [0.29, 0.717) is 6.54 Å². The number of aryl methyl sites for hydroxylation is 2. The normalized spacial score (nSPS) is 21.1. The number of amides is 2. The monoisotopic (exact) mass is 324 g/mol. The summed E-state index contributed by atoms with van der Waals surface area (Å²) < 4.78 is 2.14. The van der Waals surface area contributed by atoms with Crippen molar-refractivity contribution in [1.82, 2.24) is 20.4 Å². The van der Waals surface area contributed by atoms with E-state index in [-0.39, 0.29) is 10.8 Å². The molecule has 124 valence electrons. The molecule has 5 nitrogen and oxygen atoms in total. The van der Waals surface area contributed by atoms with Gasteiger partial charge in [-0.1, -0.05) is 13.8 Å². The summed E-state index contributed by atoms with van der Waals surface area (Å²) in [5.41, 5.74) is 3.46. The lowest BCUT2D eigenvalue weighted by molar-refractivity contribution is 0.239. The number of carbonyl (C=O) groups is 1. The van der Waals surface area contributed by atoms with Crippen LogP contribution in [0.1, 0.15) is 50.6 Å². The second kappa shape index (κ2) is 7.40. The number of carbonyl (C=O) groups excluding carboxylic acids is 1. The fourth-order valence-electron chi connectivity index (χ4n) is 3.07. The van der Waals surface area contributed by atoms with E-state index in [2.05, 4.69) is 36.5 Å². The van der Waals surface area contributed by atoms with Gasteiger partial charge in [0.05, 0.1) is 5.69 Å². The lowest BCUT2D eigenvalue weighted by atomic mass is 10.1. The van der Waals surface area contributed by atoms with E-state index in [0.717, 1.165) is 25.1 Å². The smallest absolute Gasteiger partial charge is 0.315 e. The van der Waals surface area contributed by atoms with Crippen molar-refractivity contribution in [2.45, 2.75) is 57.7 Å². The molecule has 1 aliphatic heterocycles. The van der Waals surface area contributed by atoms with E-state index in [1.807, 2.05) is 23.5 Å². The first kappa shape index (κ1) is 17.2. The molecule has 22 heavy (non-hydrogen) atoms. The molecule has 1 aliphatic rings. The van der Waals surface area contributed by atoms with E-state index < -0.39 is 0 Å². The molecular weight excluding hydrogens is 296 g/mol. The minimum Gasteiger partial charge on any atom is -0.337 e. The number of hydrogen-bond acceptors (Lipinski definition) is 3. The van der Waals surface area contributed by atoms with Crippen LogP contribution in [-0.2, 0) is 26.4 Å². The Kier molecular flexibility index (Phi) is 5.78. The Morgan fingerprint density at radius 2 is 2.14 bits per heavy atom. The van der Waals surface area contributed by atoms with Gasteiger partial charge < -0.3 is 10.6 Å². The number of thioether (sulfide) groups is 1.